The van der Waals surface area contributed by atoms with E-state index in [1.165, 1.54) is 12.1 Å². The van der Waals surface area contributed by atoms with Crippen molar-refractivity contribution in [3.8, 4) is 0 Å². The van der Waals surface area contributed by atoms with E-state index in [-0.39, 0.29) is 22.1 Å². The van der Waals surface area contributed by atoms with Gasteiger partial charge in [0, 0.05) is 17.1 Å². The van der Waals surface area contributed by atoms with Crippen molar-refractivity contribution in [2.45, 2.75) is 36.0 Å². The average molecular weight is 448 g/mol. The molecule has 0 fully saturated rings. The number of para-hydroxylation sites is 1. The Balaban J connectivity index is 1.39. The number of H-pyrrole nitrogens is 1. The third-order valence-corrected chi connectivity index (χ3v) is 7.18. The van der Waals surface area contributed by atoms with Crippen molar-refractivity contribution >= 4 is 32.3 Å². The maximum Gasteiger partial charge on any atom is 0.242 e. The first-order valence-electron chi connectivity index (χ1n) is 10.4. The number of hydrazine groups is 1. The van der Waals surface area contributed by atoms with Crippen LogP contribution in [0.3, 0.4) is 0 Å². The third-order valence-electron chi connectivity index (χ3n) is 5.39. The van der Waals surface area contributed by atoms with E-state index < -0.39 is 9.84 Å². The molecule has 0 aliphatic heterocycles. The highest BCUT2D eigenvalue weighted by atomic mass is 32.2. The molecule has 0 bridgehead atoms. The summed E-state index contributed by atoms with van der Waals surface area (Å²) in [4.78, 5) is 15.9. The van der Waals surface area contributed by atoms with Crippen LogP contribution in [0, 0.1) is 0 Å². The van der Waals surface area contributed by atoms with Gasteiger partial charge in [-0.15, -0.1) is 0 Å². The van der Waals surface area contributed by atoms with Gasteiger partial charge in [0.1, 0.15) is 0 Å². The fourth-order valence-corrected chi connectivity index (χ4v) is 4.78. The second-order valence-electron chi connectivity index (χ2n) is 7.96. The van der Waals surface area contributed by atoms with Gasteiger partial charge in [-0.1, -0.05) is 44.2 Å². The number of carbonyl (C=O) groups is 1. The molecular weight excluding hydrogens is 422 g/mol. The minimum atomic E-state index is -3.60. The van der Waals surface area contributed by atoms with Crippen molar-refractivity contribution in [1.82, 2.24) is 10.4 Å². The second kappa shape index (κ2) is 8.88. The Kier molecular flexibility index (Phi) is 6.01. The van der Waals surface area contributed by atoms with Crippen molar-refractivity contribution in [3.63, 3.8) is 0 Å². The van der Waals surface area contributed by atoms with Gasteiger partial charge < -0.3 is 4.98 Å². The number of aromatic nitrogens is 1. The highest BCUT2D eigenvalue weighted by molar-refractivity contribution is 7.91. The summed E-state index contributed by atoms with van der Waals surface area (Å²) in [5.74, 6) is 0.139. The van der Waals surface area contributed by atoms with Gasteiger partial charge >= 0.3 is 0 Å². The number of anilines is 1. The zero-order valence-corrected chi connectivity index (χ0v) is 18.7. The average Bonchev–Trinajstić information content (AvgIpc) is 3.21. The fraction of sp³-hybridized carbons (Fsp3) is 0.160. The van der Waals surface area contributed by atoms with Gasteiger partial charge in [0.15, 0.2) is 0 Å². The van der Waals surface area contributed by atoms with Gasteiger partial charge in [0.2, 0.25) is 15.7 Å². The highest BCUT2D eigenvalue weighted by Gasteiger charge is 2.18. The number of nitrogens with one attached hydrogen (secondary N) is 3. The zero-order valence-electron chi connectivity index (χ0n) is 17.9. The molecule has 4 rings (SSSR count). The molecule has 32 heavy (non-hydrogen) atoms. The van der Waals surface area contributed by atoms with Crippen LogP contribution >= 0.6 is 0 Å². The molecule has 1 aromatic heterocycles. The van der Waals surface area contributed by atoms with Gasteiger partial charge in [-0.05, 0) is 59.5 Å². The Hall–Kier alpha value is -3.58. The standard InChI is InChI=1S/C25H25N3O3S/c1-17(2)18-7-11-21(12-8-18)32(30,31)22-13-9-20(10-14-22)27-28-25(29)15-19-16-26-24-6-4-3-5-23(19)24/h3-14,16-17,26-27H,15H2,1-2H3,(H,28,29). The van der Waals surface area contributed by atoms with E-state index in [9.17, 15) is 13.2 Å². The van der Waals surface area contributed by atoms with Crippen molar-refractivity contribution in [3.05, 3.63) is 90.1 Å². The number of benzene rings is 3. The van der Waals surface area contributed by atoms with Crippen LogP contribution < -0.4 is 10.9 Å². The molecule has 0 saturated carbocycles. The Morgan fingerprint density at radius 2 is 1.53 bits per heavy atom. The Bertz CT molecular complexity index is 1340. The summed E-state index contributed by atoms with van der Waals surface area (Å²) < 4.78 is 25.8. The fourth-order valence-electron chi connectivity index (χ4n) is 3.52. The number of fused-ring (bicyclic) bond motifs is 1. The SMILES string of the molecule is CC(C)c1ccc(S(=O)(=O)c2ccc(NNC(=O)Cc3c[nH]c4ccccc34)cc2)cc1. The van der Waals surface area contributed by atoms with Gasteiger partial charge in [-0.25, -0.2) is 8.42 Å². The third kappa shape index (κ3) is 4.53. The van der Waals surface area contributed by atoms with Gasteiger partial charge in [-0.3, -0.25) is 15.6 Å². The minimum Gasteiger partial charge on any atom is -0.361 e. The van der Waals surface area contributed by atoms with Crippen LogP contribution in [0.25, 0.3) is 10.9 Å². The summed E-state index contributed by atoms with van der Waals surface area (Å²) in [7, 11) is -3.60. The lowest BCUT2D eigenvalue weighted by Gasteiger charge is -2.10. The van der Waals surface area contributed by atoms with E-state index in [0.29, 0.717) is 11.6 Å². The first kappa shape index (κ1) is 21.6. The minimum absolute atomic E-state index is 0.198. The molecule has 3 aromatic carbocycles. The molecule has 3 N–H and O–H groups in total. The van der Waals surface area contributed by atoms with Crippen LogP contribution in [0.5, 0.6) is 0 Å². The van der Waals surface area contributed by atoms with Crippen LogP contribution in [-0.2, 0) is 21.1 Å². The largest absolute Gasteiger partial charge is 0.361 e. The second-order valence-corrected chi connectivity index (χ2v) is 9.91. The summed E-state index contributed by atoms with van der Waals surface area (Å²) >= 11 is 0. The summed E-state index contributed by atoms with van der Waals surface area (Å²) in [6.45, 7) is 4.13. The molecule has 4 aromatic rings. The lowest BCUT2D eigenvalue weighted by molar-refractivity contribution is -0.119. The van der Waals surface area contributed by atoms with Crippen LogP contribution in [0.15, 0.2) is 88.8 Å². The van der Waals surface area contributed by atoms with E-state index in [1.807, 2.05) is 42.6 Å². The molecule has 1 heterocycles. The lowest BCUT2D eigenvalue weighted by atomic mass is 10.0. The Morgan fingerprint density at radius 1 is 0.906 bits per heavy atom. The normalized spacial score (nSPS) is 11.6. The van der Waals surface area contributed by atoms with Crippen LogP contribution in [0.1, 0.15) is 30.9 Å². The Morgan fingerprint density at radius 3 is 2.19 bits per heavy atom. The van der Waals surface area contributed by atoms with E-state index in [2.05, 4.69) is 29.7 Å². The van der Waals surface area contributed by atoms with Crippen molar-refractivity contribution < 1.29 is 13.2 Å². The smallest absolute Gasteiger partial charge is 0.242 e. The quantitative estimate of drug-likeness (QED) is 0.355. The van der Waals surface area contributed by atoms with Crippen molar-refractivity contribution in [1.29, 1.82) is 0 Å². The zero-order chi connectivity index (χ0) is 22.7. The molecule has 1 amide bonds. The Labute approximate surface area is 187 Å². The maximum atomic E-state index is 12.9. The predicted octanol–water partition coefficient (Wildman–Crippen LogP) is 4.81. The number of sulfone groups is 1. The van der Waals surface area contributed by atoms with Crippen molar-refractivity contribution in [2.24, 2.45) is 0 Å². The molecule has 0 aliphatic carbocycles. The van der Waals surface area contributed by atoms with Crippen LogP contribution in [-0.4, -0.2) is 19.3 Å². The number of hydrogen-bond acceptors (Lipinski definition) is 4. The summed E-state index contributed by atoms with van der Waals surface area (Å²) in [6, 6.07) is 21.1. The topological polar surface area (TPSA) is 91.1 Å². The predicted molar refractivity (Wildman–Crippen MR) is 126 cm³/mol. The summed E-state index contributed by atoms with van der Waals surface area (Å²) in [5, 5.41) is 1.01. The molecule has 0 unspecified atom stereocenters. The van der Waals surface area contributed by atoms with Crippen molar-refractivity contribution in [2.75, 3.05) is 5.43 Å². The number of carbonyl (C=O) groups excluding carboxylic acids is 1. The lowest BCUT2D eigenvalue weighted by Crippen LogP contribution is -2.30. The summed E-state index contributed by atoms with van der Waals surface area (Å²) in [5.41, 5.74) is 9.07. The molecule has 164 valence electrons. The summed E-state index contributed by atoms with van der Waals surface area (Å²) in [6.07, 6.45) is 2.05. The van der Waals surface area contributed by atoms with E-state index in [4.69, 9.17) is 0 Å². The molecule has 6 nitrogen and oxygen atoms in total. The molecule has 0 atom stereocenters. The molecule has 0 radical (unpaired) electrons. The molecule has 7 heteroatoms. The number of aromatic amines is 1. The molecule has 0 aliphatic rings. The van der Waals surface area contributed by atoms with E-state index in [1.54, 1.807) is 24.3 Å². The molecular formula is C25H25N3O3S. The number of hydrogen-bond donors (Lipinski definition) is 3. The maximum absolute atomic E-state index is 12.9. The van der Waals surface area contributed by atoms with Gasteiger partial charge in [-0.2, -0.15) is 0 Å². The number of rotatable bonds is 7. The van der Waals surface area contributed by atoms with Crippen LogP contribution in [0.4, 0.5) is 5.69 Å². The van der Waals surface area contributed by atoms with Gasteiger partial charge in [0.25, 0.3) is 0 Å². The van der Waals surface area contributed by atoms with E-state index >= 15 is 0 Å². The molecule has 0 saturated heterocycles. The number of amides is 1. The first-order valence-corrected chi connectivity index (χ1v) is 11.9. The van der Waals surface area contributed by atoms with Crippen LogP contribution in [0.2, 0.25) is 0 Å². The van der Waals surface area contributed by atoms with Gasteiger partial charge in [0.05, 0.1) is 21.9 Å². The van der Waals surface area contributed by atoms with E-state index in [0.717, 1.165) is 22.0 Å². The molecule has 0 spiro atoms. The monoisotopic (exact) mass is 447 g/mol. The first-order chi connectivity index (χ1) is 15.3. The highest BCUT2D eigenvalue weighted by Crippen LogP contribution is 2.24.